The third-order valence-corrected chi connectivity index (χ3v) is 3.83. The van der Waals surface area contributed by atoms with Crippen LogP contribution in [0.3, 0.4) is 0 Å². The Labute approximate surface area is 99.7 Å². The number of anilines is 1. The third-order valence-electron chi connectivity index (χ3n) is 2.79. The van der Waals surface area contributed by atoms with E-state index in [-0.39, 0.29) is 0 Å². The Hall–Kier alpha value is -1.48. The molecule has 2 N–H and O–H groups in total. The molecule has 0 unspecified atom stereocenters. The van der Waals surface area contributed by atoms with Gasteiger partial charge in [0.1, 0.15) is 5.75 Å². The first-order valence-electron chi connectivity index (χ1n) is 5.13. The minimum Gasteiger partial charge on any atom is -0.497 e. The second-order valence-electron chi connectivity index (χ2n) is 3.75. The summed E-state index contributed by atoms with van der Waals surface area (Å²) in [6.45, 7) is 4.21. The zero-order valence-electron chi connectivity index (χ0n) is 9.70. The molecular formula is C13H15NOS. The normalized spacial score (nSPS) is 10.4. The predicted octanol–water partition coefficient (Wildman–Crippen LogP) is 3.62. The third kappa shape index (κ3) is 1.78. The van der Waals surface area contributed by atoms with Crippen LogP contribution < -0.4 is 10.5 Å². The number of thiophene rings is 1. The van der Waals surface area contributed by atoms with Gasteiger partial charge in [-0.05, 0) is 37.1 Å². The van der Waals surface area contributed by atoms with Crippen LogP contribution in [0.1, 0.15) is 10.4 Å². The van der Waals surface area contributed by atoms with Crippen LogP contribution in [0.5, 0.6) is 5.75 Å². The number of hydrogen-bond donors (Lipinski definition) is 1. The predicted molar refractivity (Wildman–Crippen MR) is 70.2 cm³/mol. The molecule has 84 valence electrons. The van der Waals surface area contributed by atoms with E-state index in [1.165, 1.54) is 10.4 Å². The number of aryl methyl sites for hydroxylation is 1. The molecule has 0 aliphatic carbocycles. The lowest BCUT2D eigenvalue weighted by Crippen LogP contribution is -1.87. The van der Waals surface area contributed by atoms with Crippen LogP contribution in [0.15, 0.2) is 24.3 Å². The Morgan fingerprint density at radius 2 is 1.75 bits per heavy atom. The lowest BCUT2D eigenvalue weighted by molar-refractivity contribution is 0.415. The van der Waals surface area contributed by atoms with Crippen molar-refractivity contribution >= 4 is 16.3 Å². The molecule has 0 fully saturated rings. The van der Waals surface area contributed by atoms with Crippen LogP contribution in [0.25, 0.3) is 11.1 Å². The fourth-order valence-corrected chi connectivity index (χ4v) is 2.73. The van der Waals surface area contributed by atoms with Gasteiger partial charge in [-0.2, -0.15) is 0 Å². The maximum Gasteiger partial charge on any atom is 0.118 e. The molecular weight excluding hydrogens is 218 g/mol. The fourth-order valence-electron chi connectivity index (χ4n) is 1.77. The summed E-state index contributed by atoms with van der Waals surface area (Å²) in [6.07, 6.45) is 0. The molecule has 2 aromatic rings. The average Bonchev–Trinajstić information content (AvgIpc) is 2.54. The molecule has 0 bridgehead atoms. The van der Waals surface area contributed by atoms with Gasteiger partial charge in [-0.3, -0.25) is 0 Å². The fraction of sp³-hybridized carbons (Fsp3) is 0.231. The maximum absolute atomic E-state index is 6.03. The molecule has 0 aliphatic rings. The first-order valence-corrected chi connectivity index (χ1v) is 5.95. The molecule has 0 atom stereocenters. The first-order chi connectivity index (χ1) is 7.63. The highest BCUT2D eigenvalue weighted by Gasteiger charge is 2.11. The van der Waals surface area contributed by atoms with Crippen molar-refractivity contribution in [3.8, 4) is 16.9 Å². The van der Waals surface area contributed by atoms with Crippen molar-refractivity contribution in [2.24, 2.45) is 0 Å². The number of hydrogen-bond acceptors (Lipinski definition) is 3. The van der Waals surface area contributed by atoms with E-state index in [1.54, 1.807) is 18.4 Å². The number of nitrogens with two attached hydrogens (primary N) is 1. The second kappa shape index (κ2) is 4.18. The van der Waals surface area contributed by atoms with Crippen molar-refractivity contribution in [3.05, 3.63) is 34.7 Å². The van der Waals surface area contributed by atoms with Crippen molar-refractivity contribution in [1.82, 2.24) is 0 Å². The molecule has 0 radical (unpaired) electrons. The van der Waals surface area contributed by atoms with Gasteiger partial charge in [0.15, 0.2) is 0 Å². The van der Waals surface area contributed by atoms with E-state index in [1.807, 2.05) is 24.3 Å². The van der Waals surface area contributed by atoms with E-state index in [0.717, 1.165) is 21.9 Å². The molecule has 2 rings (SSSR count). The summed E-state index contributed by atoms with van der Waals surface area (Å²) in [4.78, 5) is 1.28. The summed E-state index contributed by atoms with van der Waals surface area (Å²) < 4.78 is 5.14. The molecule has 1 heterocycles. The Morgan fingerprint density at radius 1 is 1.12 bits per heavy atom. The minimum absolute atomic E-state index is 0.868. The summed E-state index contributed by atoms with van der Waals surface area (Å²) in [5.74, 6) is 0.868. The summed E-state index contributed by atoms with van der Waals surface area (Å²) in [6, 6.07) is 8.01. The van der Waals surface area contributed by atoms with Crippen LogP contribution in [-0.4, -0.2) is 7.11 Å². The van der Waals surface area contributed by atoms with Gasteiger partial charge in [0.2, 0.25) is 0 Å². The lowest BCUT2D eigenvalue weighted by Gasteiger charge is -2.04. The van der Waals surface area contributed by atoms with Crippen molar-refractivity contribution < 1.29 is 4.74 Å². The van der Waals surface area contributed by atoms with Crippen LogP contribution in [-0.2, 0) is 0 Å². The molecule has 0 spiro atoms. The first kappa shape index (κ1) is 11.0. The number of ether oxygens (including phenoxy) is 1. The summed E-state index contributed by atoms with van der Waals surface area (Å²) >= 11 is 1.65. The summed E-state index contributed by atoms with van der Waals surface area (Å²) in [7, 11) is 1.67. The highest BCUT2D eigenvalue weighted by Crippen LogP contribution is 2.38. The van der Waals surface area contributed by atoms with Crippen molar-refractivity contribution in [1.29, 1.82) is 0 Å². The topological polar surface area (TPSA) is 35.2 Å². The Bertz CT molecular complexity index is 499. The molecule has 3 heteroatoms. The van der Waals surface area contributed by atoms with Gasteiger partial charge in [-0.25, -0.2) is 0 Å². The number of rotatable bonds is 2. The highest BCUT2D eigenvalue weighted by molar-refractivity contribution is 7.16. The smallest absolute Gasteiger partial charge is 0.118 e. The van der Waals surface area contributed by atoms with E-state index in [9.17, 15) is 0 Å². The lowest BCUT2D eigenvalue weighted by atomic mass is 10.0. The second-order valence-corrected chi connectivity index (χ2v) is 5.01. The van der Waals surface area contributed by atoms with Gasteiger partial charge >= 0.3 is 0 Å². The molecule has 0 aliphatic heterocycles. The molecule has 0 saturated heterocycles. The largest absolute Gasteiger partial charge is 0.497 e. The van der Waals surface area contributed by atoms with E-state index in [4.69, 9.17) is 10.5 Å². The Morgan fingerprint density at radius 3 is 2.19 bits per heavy atom. The SMILES string of the molecule is COc1ccc(-c2c(N)sc(C)c2C)cc1. The number of methoxy groups -OCH3 is 1. The van der Waals surface area contributed by atoms with Crippen molar-refractivity contribution in [3.63, 3.8) is 0 Å². The van der Waals surface area contributed by atoms with Crippen LogP contribution >= 0.6 is 11.3 Å². The van der Waals surface area contributed by atoms with Crippen LogP contribution in [0, 0.1) is 13.8 Å². The van der Waals surface area contributed by atoms with Crippen molar-refractivity contribution in [2.75, 3.05) is 12.8 Å². The van der Waals surface area contributed by atoms with Gasteiger partial charge in [-0.1, -0.05) is 12.1 Å². The van der Waals surface area contributed by atoms with E-state index in [2.05, 4.69) is 13.8 Å². The van der Waals surface area contributed by atoms with Gasteiger partial charge in [0.05, 0.1) is 12.1 Å². The van der Waals surface area contributed by atoms with Crippen LogP contribution in [0.4, 0.5) is 5.00 Å². The standard InChI is InChI=1S/C13H15NOS/c1-8-9(2)16-13(14)12(8)10-4-6-11(15-3)7-5-10/h4-7H,14H2,1-3H3. The van der Waals surface area contributed by atoms with Gasteiger partial charge in [0.25, 0.3) is 0 Å². The quantitative estimate of drug-likeness (QED) is 0.859. The molecule has 0 saturated carbocycles. The van der Waals surface area contributed by atoms with Crippen molar-refractivity contribution in [2.45, 2.75) is 13.8 Å². The van der Waals surface area contributed by atoms with Gasteiger partial charge in [0, 0.05) is 10.4 Å². The zero-order chi connectivity index (χ0) is 11.7. The molecule has 2 nitrogen and oxygen atoms in total. The monoisotopic (exact) mass is 233 g/mol. The number of nitrogen functional groups attached to an aromatic ring is 1. The summed E-state index contributed by atoms with van der Waals surface area (Å²) in [5.41, 5.74) is 9.61. The minimum atomic E-state index is 0.868. The molecule has 1 aromatic carbocycles. The zero-order valence-corrected chi connectivity index (χ0v) is 10.5. The maximum atomic E-state index is 6.03. The Balaban J connectivity index is 2.50. The number of benzene rings is 1. The Kier molecular flexibility index (Phi) is 2.88. The van der Waals surface area contributed by atoms with Crippen LogP contribution in [0.2, 0.25) is 0 Å². The molecule has 1 aromatic heterocycles. The summed E-state index contributed by atoms with van der Waals surface area (Å²) in [5, 5.41) is 0.889. The molecule has 16 heavy (non-hydrogen) atoms. The van der Waals surface area contributed by atoms with E-state index in [0.29, 0.717) is 0 Å². The average molecular weight is 233 g/mol. The highest BCUT2D eigenvalue weighted by atomic mass is 32.1. The van der Waals surface area contributed by atoms with Gasteiger partial charge in [-0.15, -0.1) is 11.3 Å². The van der Waals surface area contributed by atoms with Gasteiger partial charge < -0.3 is 10.5 Å². The van der Waals surface area contributed by atoms with E-state index < -0.39 is 0 Å². The van der Waals surface area contributed by atoms with E-state index >= 15 is 0 Å². The molecule has 0 amide bonds.